The summed E-state index contributed by atoms with van der Waals surface area (Å²) in [6.07, 6.45) is 4.04. The predicted molar refractivity (Wildman–Crippen MR) is 114 cm³/mol. The number of pyridine rings is 1. The topological polar surface area (TPSA) is 101 Å². The maximum absolute atomic E-state index is 14.0. The number of nitrogens with zero attached hydrogens (tertiary/aromatic N) is 2. The first-order valence-electron chi connectivity index (χ1n) is 10.6. The molecule has 5 rings (SSSR count). The van der Waals surface area contributed by atoms with Gasteiger partial charge >= 0.3 is 5.97 Å². The smallest absolute Gasteiger partial charge is 0.341 e. The van der Waals surface area contributed by atoms with Crippen molar-refractivity contribution < 1.29 is 14.3 Å². The minimum absolute atomic E-state index is 0.180. The summed E-state index contributed by atoms with van der Waals surface area (Å²) < 4.78 is 15.6. The summed E-state index contributed by atoms with van der Waals surface area (Å²) in [5.74, 6) is -0.772. The van der Waals surface area contributed by atoms with Gasteiger partial charge in [-0.15, -0.1) is 0 Å². The lowest BCUT2D eigenvalue weighted by Gasteiger charge is -2.26. The van der Waals surface area contributed by atoms with Crippen molar-refractivity contribution in [2.75, 3.05) is 30.8 Å². The third-order valence-corrected chi connectivity index (χ3v) is 7.42. The number of aromatic nitrogens is 1. The number of alkyl halides is 1. The number of anilines is 2. The molecule has 1 aliphatic heterocycles. The molecule has 1 aromatic heterocycles. The molecule has 7 nitrogen and oxygen atoms in total. The molecule has 2 heterocycles. The number of carboxylic acids is 1. The lowest BCUT2D eigenvalue weighted by Crippen LogP contribution is -2.37. The fraction of sp³-hybridized carbons (Fsp3) is 0.545. The summed E-state index contributed by atoms with van der Waals surface area (Å²) in [5, 5.41) is 13.1. The molecule has 30 heavy (non-hydrogen) atoms. The van der Waals surface area contributed by atoms with Crippen LogP contribution in [0.3, 0.4) is 0 Å². The molecule has 0 radical (unpaired) electrons. The van der Waals surface area contributed by atoms with Crippen LogP contribution in [0.1, 0.15) is 47.6 Å². The molecule has 4 N–H and O–H groups in total. The number of nitrogens with two attached hydrogens (primary N) is 1. The highest BCUT2D eigenvalue weighted by molar-refractivity contribution is 6.01. The van der Waals surface area contributed by atoms with E-state index in [-0.39, 0.29) is 22.2 Å². The van der Waals surface area contributed by atoms with Crippen molar-refractivity contribution in [1.29, 1.82) is 0 Å². The van der Waals surface area contributed by atoms with Crippen LogP contribution in [0.2, 0.25) is 0 Å². The van der Waals surface area contributed by atoms with Gasteiger partial charge in [0.1, 0.15) is 11.7 Å². The molecule has 2 aliphatic carbocycles. The SMILES string of the molecule is CNC1([C@@H]2CCN(c3cc(N)c4c(=O)c(C(=O)O)cn([C@@H]5C[C@@H]5F)c4c3C)C2)CC1. The number of nitrogen functional groups attached to an aromatic ring is 1. The van der Waals surface area contributed by atoms with Crippen LogP contribution in [0.15, 0.2) is 17.1 Å². The maximum atomic E-state index is 14.0. The van der Waals surface area contributed by atoms with E-state index in [9.17, 15) is 19.1 Å². The highest BCUT2D eigenvalue weighted by Gasteiger charge is 2.50. The molecule has 160 valence electrons. The number of carboxylic acid groups (broad SMARTS) is 1. The van der Waals surface area contributed by atoms with Gasteiger partial charge in [0.05, 0.1) is 16.9 Å². The van der Waals surface area contributed by atoms with Crippen molar-refractivity contribution in [3.63, 3.8) is 0 Å². The van der Waals surface area contributed by atoms with Gasteiger partial charge in [-0.2, -0.15) is 0 Å². The number of rotatable bonds is 5. The first-order chi connectivity index (χ1) is 14.3. The van der Waals surface area contributed by atoms with Gasteiger partial charge in [0.25, 0.3) is 0 Å². The van der Waals surface area contributed by atoms with Gasteiger partial charge in [-0.1, -0.05) is 0 Å². The molecule has 0 bridgehead atoms. The molecule has 3 aliphatic rings. The fourth-order valence-electron chi connectivity index (χ4n) is 5.34. The molecule has 3 fully saturated rings. The van der Waals surface area contributed by atoms with Crippen LogP contribution < -0.4 is 21.4 Å². The van der Waals surface area contributed by atoms with E-state index in [1.807, 2.05) is 14.0 Å². The molecule has 0 amide bonds. The molecule has 0 unspecified atom stereocenters. The van der Waals surface area contributed by atoms with Gasteiger partial charge in [-0.3, -0.25) is 4.79 Å². The Labute approximate surface area is 173 Å². The second-order valence-corrected chi connectivity index (χ2v) is 9.07. The minimum atomic E-state index is -1.32. The van der Waals surface area contributed by atoms with E-state index in [0.29, 0.717) is 17.9 Å². The van der Waals surface area contributed by atoms with E-state index in [2.05, 4.69) is 10.2 Å². The number of nitrogens with one attached hydrogen (secondary N) is 1. The molecule has 8 heteroatoms. The molecule has 2 aromatic rings. The Kier molecular flexibility index (Phi) is 4.16. The van der Waals surface area contributed by atoms with E-state index < -0.39 is 23.6 Å². The van der Waals surface area contributed by atoms with E-state index in [0.717, 1.165) is 30.8 Å². The van der Waals surface area contributed by atoms with Crippen LogP contribution in [0.25, 0.3) is 10.9 Å². The van der Waals surface area contributed by atoms with Gasteiger partial charge in [-0.05, 0) is 50.8 Å². The predicted octanol–water partition coefficient (Wildman–Crippen LogP) is 2.45. The highest BCUT2D eigenvalue weighted by atomic mass is 19.1. The monoisotopic (exact) mass is 414 g/mol. The van der Waals surface area contributed by atoms with E-state index in [1.165, 1.54) is 19.0 Å². The Morgan fingerprint density at radius 1 is 1.40 bits per heavy atom. The van der Waals surface area contributed by atoms with Gasteiger partial charge < -0.3 is 25.6 Å². The number of fused-ring (bicyclic) bond motifs is 1. The number of hydrogen-bond acceptors (Lipinski definition) is 5. The summed E-state index contributed by atoms with van der Waals surface area (Å²) in [6.45, 7) is 3.72. The standard InChI is InChI=1S/C22H27FN4O3/c1-11-16(26-6-3-12(9-26)22(25-2)4-5-22)8-15(24)18-19(11)27(17-7-14(17)23)10-13(20(18)28)21(29)30/h8,10,12,14,17,25H,3-7,9,24H2,1-2H3,(H,29,30)/t12-,14+,17-/m1/s1. The average molecular weight is 414 g/mol. The van der Waals surface area contributed by atoms with Crippen molar-refractivity contribution >= 4 is 28.2 Å². The summed E-state index contributed by atoms with van der Waals surface area (Å²) >= 11 is 0. The number of aryl methyl sites for hydroxylation is 1. The van der Waals surface area contributed by atoms with Crippen LogP contribution in [0, 0.1) is 12.8 Å². The van der Waals surface area contributed by atoms with Crippen molar-refractivity contribution in [3.05, 3.63) is 33.6 Å². The van der Waals surface area contributed by atoms with Gasteiger partial charge in [0.15, 0.2) is 0 Å². The van der Waals surface area contributed by atoms with Crippen molar-refractivity contribution in [2.24, 2.45) is 5.92 Å². The van der Waals surface area contributed by atoms with Crippen molar-refractivity contribution in [3.8, 4) is 0 Å². The van der Waals surface area contributed by atoms with Gasteiger partial charge in [0.2, 0.25) is 5.43 Å². The summed E-state index contributed by atoms with van der Waals surface area (Å²) in [4.78, 5) is 26.8. The Balaban J connectivity index is 1.65. The number of benzene rings is 1. The molecule has 2 saturated carbocycles. The zero-order valence-corrected chi connectivity index (χ0v) is 17.2. The lowest BCUT2D eigenvalue weighted by molar-refractivity contribution is 0.0694. The first-order valence-corrected chi connectivity index (χ1v) is 10.6. The number of halogens is 1. The summed E-state index contributed by atoms with van der Waals surface area (Å²) in [6, 6.07) is 1.33. The number of carbonyl (C=O) groups is 1. The third-order valence-electron chi connectivity index (χ3n) is 7.42. The van der Waals surface area contributed by atoms with Gasteiger partial charge in [0, 0.05) is 42.6 Å². The molecule has 3 atom stereocenters. The Bertz CT molecular complexity index is 1120. The maximum Gasteiger partial charge on any atom is 0.341 e. The Hall–Kier alpha value is -2.61. The number of aromatic carboxylic acids is 1. The molecular formula is C22H27FN4O3. The highest BCUT2D eigenvalue weighted by Crippen LogP contribution is 2.48. The Morgan fingerprint density at radius 2 is 2.10 bits per heavy atom. The zero-order valence-electron chi connectivity index (χ0n) is 17.2. The van der Waals surface area contributed by atoms with E-state index >= 15 is 0 Å². The Morgan fingerprint density at radius 3 is 2.67 bits per heavy atom. The first kappa shape index (κ1) is 19.4. The van der Waals surface area contributed by atoms with E-state index in [1.54, 1.807) is 10.6 Å². The third kappa shape index (κ3) is 2.73. The molecule has 1 saturated heterocycles. The molecule has 1 aromatic carbocycles. The van der Waals surface area contributed by atoms with Crippen LogP contribution in [0.4, 0.5) is 15.8 Å². The normalized spacial score (nSPS) is 26.9. The van der Waals surface area contributed by atoms with Gasteiger partial charge in [-0.25, -0.2) is 9.18 Å². The second kappa shape index (κ2) is 6.44. The largest absolute Gasteiger partial charge is 0.477 e. The van der Waals surface area contributed by atoms with E-state index in [4.69, 9.17) is 5.73 Å². The quantitative estimate of drug-likeness (QED) is 0.650. The minimum Gasteiger partial charge on any atom is -0.477 e. The van der Waals surface area contributed by atoms with Crippen molar-refractivity contribution in [2.45, 2.75) is 50.4 Å². The summed E-state index contributed by atoms with van der Waals surface area (Å²) in [5.41, 5.74) is 8.17. The van der Waals surface area contributed by atoms with Crippen LogP contribution >= 0.6 is 0 Å². The molecular weight excluding hydrogens is 387 g/mol. The number of hydrogen-bond donors (Lipinski definition) is 3. The van der Waals surface area contributed by atoms with Crippen LogP contribution in [-0.4, -0.2) is 47.5 Å². The van der Waals surface area contributed by atoms with Crippen molar-refractivity contribution in [1.82, 2.24) is 9.88 Å². The van der Waals surface area contributed by atoms with Crippen LogP contribution in [0.5, 0.6) is 0 Å². The molecule has 0 spiro atoms. The summed E-state index contributed by atoms with van der Waals surface area (Å²) in [7, 11) is 2.02. The fourth-order valence-corrected chi connectivity index (χ4v) is 5.34. The average Bonchev–Trinajstić information content (AvgIpc) is 3.61. The zero-order chi connectivity index (χ0) is 21.4. The second-order valence-electron chi connectivity index (χ2n) is 9.07. The lowest BCUT2D eigenvalue weighted by atomic mass is 9.96. The van der Waals surface area contributed by atoms with Crippen LogP contribution in [-0.2, 0) is 0 Å².